The van der Waals surface area contributed by atoms with E-state index < -0.39 is 0 Å². The van der Waals surface area contributed by atoms with Crippen LogP contribution in [-0.2, 0) is 6.61 Å². The molecule has 0 spiro atoms. The summed E-state index contributed by atoms with van der Waals surface area (Å²) in [5, 5.41) is 7.35. The number of nitrogen functional groups attached to an aromatic ring is 1. The number of ether oxygens (including phenoxy) is 1. The molecule has 2 aromatic rings. The number of anilines is 1. The highest BCUT2D eigenvalue weighted by Gasteiger charge is 2.11. The van der Waals surface area contributed by atoms with E-state index in [0.29, 0.717) is 28.4 Å². The van der Waals surface area contributed by atoms with Crippen molar-refractivity contribution in [1.29, 1.82) is 0 Å². The molecule has 0 radical (unpaired) electrons. The summed E-state index contributed by atoms with van der Waals surface area (Å²) >= 11 is 0. The Morgan fingerprint density at radius 3 is 2.83 bits per heavy atom. The van der Waals surface area contributed by atoms with Crippen molar-refractivity contribution < 1.29 is 14.2 Å². The number of Topliss-reactive ketones (excluding diaryl/α,β-unsaturated/α-hetero) is 1. The quantitative estimate of drug-likeness (QED) is 0.653. The zero-order valence-corrected chi connectivity index (χ0v) is 10.1. The predicted molar refractivity (Wildman–Crippen MR) is 64.2 cm³/mol. The zero-order chi connectivity index (χ0) is 13.1. The van der Waals surface area contributed by atoms with E-state index in [0.717, 1.165) is 0 Å². The van der Waals surface area contributed by atoms with Crippen LogP contribution in [-0.4, -0.2) is 16.1 Å². The van der Waals surface area contributed by atoms with Gasteiger partial charge >= 0.3 is 0 Å². The molecule has 0 aliphatic carbocycles. The van der Waals surface area contributed by atoms with Crippen molar-refractivity contribution in [2.45, 2.75) is 20.5 Å². The van der Waals surface area contributed by atoms with Gasteiger partial charge in [-0.1, -0.05) is 10.3 Å². The molecule has 0 fully saturated rings. The highest BCUT2D eigenvalue weighted by Crippen LogP contribution is 2.23. The molecule has 0 unspecified atom stereocenters. The molecule has 6 heteroatoms. The number of carbonyl (C=O) groups excluding carboxylic acids is 1. The number of aryl methyl sites for hydroxylation is 1. The highest BCUT2D eigenvalue weighted by molar-refractivity contribution is 5.97. The highest BCUT2D eigenvalue weighted by atomic mass is 16.6. The van der Waals surface area contributed by atoms with Gasteiger partial charge in [0.1, 0.15) is 23.7 Å². The molecular formula is C12H13N3O3. The van der Waals surface area contributed by atoms with Crippen LogP contribution < -0.4 is 10.5 Å². The number of rotatable bonds is 4. The molecule has 2 N–H and O–H groups in total. The van der Waals surface area contributed by atoms with E-state index >= 15 is 0 Å². The van der Waals surface area contributed by atoms with Gasteiger partial charge in [-0.25, -0.2) is 4.63 Å². The Bertz CT molecular complexity index is 578. The smallest absolute Gasteiger partial charge is 0.163 e. The minimum atomic E-state index is -0.104. The lowest BCUT2D eigenvalue weighted by molar-refractivity contribution is 0.101. The average Bonchev–Trinajstić information content (AvgIpc) is 2.73. The van der Waals surface area contributed by atoms with Crippen molar-refractivity contribution in [2.24, 2.45) is 0 Å². The van der Waals surface area contributed by atoms with E-state index in [4.69, 9.17) is 10.5 Å². The van der Waals surface area contributed by atoms with Gasteiger partial charge in [0, 0.05) is 5.69 Å². The Balaban J connectivity index is 2.19. The molecule has 1 aromatic heterocycles. The van der Waals surface area contributed by atoms with Gasteiger partial charge in [-0.15, -0.1) is 0 Å². The number of aromatic nitrogens is 2. The maximum absolute atomic E-state index is 11.5. The SMILES string of the molecule is CC(=O)c1cc(N)ccc1OCc1nonc1C. The summed E-state index contributed by atoms with van der Waals surface area (Å²) < 4.78 is 10.1. The first-order chi connectivity index (χ1) is 8.58. The van der Waals surface area contributed by atoms with Gasteiger partial charge in [-0.3, -0.25) is 4.79 Å². The van der Waals surface area contributed by atoms with Crippen LogP contribution in [0, 0.1) is 6.92 Å². The molecule has 0 saturated heterocycles. The second-order valence-electron chi connectivity index (χ2n) is 3.90. The van der Waals surface area contributed by atoms with Crippen molar-refractivity contribution in [1.82, 2.24) is 10.3 Å². The third-order valence-corrected chi connectivity index (χ3v) is 2.49. The summed E-state index contributed by atoms with van der Waals surface area (Å²) in [5.74, 6) is 0.367. The standard InChI is InChI=1S/C12H13N3O3/c1-7-11(15-18-14-7)6-17-12-4-3-9(13)5-10(12)8(2)16/h3-5H,6,13H2,1-2H3. The molecule has 18 heavy (non-hydrogen) atoms. The van der Waals surface area contributed by atoms with Crippen molar-refractivity contribution in [3.05, 3.63) is 35.2 Å². The van der Waals surface area contributed by atoms with Crippen LogP contribution in [0.2, 0.25) is 0 Å². The minimum Gasteiger partial charge on any atom is -0.486 e. The lowest BCUT2D eigenvalue weighted by Gasteiger charge is -2.09. The summed E-state index contributed by atoms with van der Waals surface area (Å²) in [6.45, 7) is 3.42. The second-order valence-corrected chi connectivity index (χ2v) is 3.90. The van der Waals surface area contributed by atoms with E-state index in [2.05, 4.69) is 14.9 Å². The summed E-state index contributed by atoms with van der Waals surface area (Å²) in [6, 6.07) is 4.93. The molecule has 6 nitrogen and oxygen atoms in total. The zero-order valence-electron chi connectivity index (χ0n) is 10.1. The number of benzene rings is 1. The van der Waals surface area contributed by atoms with Gasteiger partial charge in [0.15, 0.2) is 5.78 Å². The van der Waals surface area contributed by atoms with Crippen LogP contribution in [0.4, 0.5) is 5.69 Å². The van der Waals surface area contributed by atoms with Crippen molar-refractivity contribution >= 4 is 11.5 Å². The monoisotopic (exact) mass is 247 g/mol. The molecule has 0 saturated carbocycles. The summed E-state index contributed by atoms with van der Waals surface area (Å²) in [6.07, 6.45) is 0. The number of hydrogen-bond acceptors (Lipinski definition) is 6. The normalized spacial score (nSPS) is 10.3. The molecule has 0 bridgehead atoms. The minimum absolute atomic E-state index is 0.104. The fourth-order valence-electron chi connectivity index (χ4n) is 1.48. The van der Waals surface area contributed by atoms with Gasteiger partial charge in [-0.2, -0.15) is 0 Å². The number of hydrogen-bond donors (Lipinski definition) is 1. The van der Waals surface area contributed by atoms with Crippen LogP contribution in [0.15, 0.2) is 22.8 Å². The van der Waals surface area contributed by atoms with E-state index in [1.54, 1.807) is 25.1 Å². The topological polar surface area (TPSA) is 91.2 Å². The first-order valence-electron chi connectivity index (χ1n) is 5.39. The second kappa shape index (κ2) is 4.87. The maximum Gasteiger partial charge on any atom is 0.163 e. The molecule has 0 aliphatic heterocycles. The molecule has 1 heterocycles. The summed E-state index contributed by atoms with van der Waals surface area (Å²) in [5.41, 5.74) is 7.86. The Labute approximate surface area is 104 Å². The first kappa shape index (κ1) is 12.1. The third-order valence-electron chi connectivity index (χ3n) is 2.49. The average molecular weight is 247 g/mol. The molecule has 94 valence electrons. The van der Waals surface area contributed by atoms with Gasteiger partial charge in [0.25, 0.3) is 0 Å². The first-order valence-corrected chi connectivity index (χ1v) is 5.39. The fraction of sp³-hybridized carbons (Fsp3) is 0.250. The van der Waals surface area contributed by atoms with E-state index in [1.807, 2.05) is 0 Å². The van der Waals surface area contributed by atoms with Gasteiger partial charge in [0.2, 0.25) is 0 Å². The maximum atomic E-state index is 11.5. The van der Waals surface area contributed by atoms with Crippen LogP contribution in [0.5, 0.6) is 5.75 Å². The Morgan fingerprint density at radius 1 is 1.44 bits per heavy atom. The number of carbonyl (C=O) groups is 1. The van der Waals surface area contributed by atoms with Gasteiger partial charge < -0.3 is 10.5 Å². The molecule has 0 atom stereocenters. The number of nitrogens with two attached hydrogens (primary N) is 1. The lowest BCUT2D eigenvalue weighted by atomic mass is 10.1. The van der Waals surface area contributed by atoms with Crippen LogP contribution in [0.1, 0.15) is 28.7 Å². The molecule has 0 amide bonds. The van der Waals surface area contributed by atoms with Gasteiger partial charge in [-0.05, 0) is 32.0 Å². The summed E-state index contributed by atoms with van der Waals surface area (Å²) in [7, 11) is 0. The largest absolute Gasteiger partial charge is 0.486 e. The molecule has 0 aliphatic rings. The predicted octanol–water partition coefficient (Wildman–Crippen LogP) is 1.74. The van der Waals surface area contributed by atoms with E-state index in [9.17, 15) is 4.79 Å². The Hall–Kier alpha value is -2.37. The van der Waals surface area contributed by atoms with Crippen molar-refractivity contribution in [3.8, 4) is 5.75 Å². The lowest BCUT2D eigenvalue weighted by Crippen LogP contribution is -2.03. The van der Waals surface area contributed by atoms with E-state index in [-0.39, 0.29) is 12.4 Å². The molecule has 2 rings (SSSR count). The number of nitrogens with zero attached hydrogens (tertiary/aromatic N) is 2. The molecular weight excluding hydrogens is 234 g/mol. The van der Waals surface area contributed by atoms with E-state index in [1.165, 1.54) is 6.92 Å². The van der Waals surface area contributed by atoms with Crippen LogP contribution in [0.25, 0.3) is 0 Å². The summed E-state index contributed by atoms with van der Waals surface area (Å²) in [4.78, 5) is 11.5. The molecule has 1 aromatic carbocycles. The van der Waals surface area contributed by atoms with Crippen LogP contribution >= 0.6 is 0 Å². The third kappa shape index (κ3) is 2.48. The van der Waals surface area contributed by atoms with Gasteiger partial charge in [0.05, 0.1) is 5.56 Å². The fourth-order valence-corrected chi connectivity index (χ4v) is 1.48. The Kier molecular flexibility index (Phi) is 3.27. The Morgan fingerprint density at radius 2 is 2.22 bits per heavy atom. The van der Waals surface area contributed by atoms with Crippen molar-refractivity contribution in [2.75, 3.05) is 5.73 Å². The van der Waals surface area contributed by atoms with Crippen molar-refractivity contribution in [3.63, 3.8) is 0 Å². The van der Waals surface area contributed by atoms with Crippen LogP contribution in [0.3, 0.4) is 0 Å². The number of ketones is 1.